The SMILES string of the molecule is Cc1ccccc1C1=CCCCc2ccc(C(=O)N=C(N)N)cc21. The van der Waals surface area contributed by atoms with Gasteiger partial charge in [0.15, 0.2) is 5.96 Å². The molecule has 0 atom stereocenters. The van der Waals surface area contributed by atoms with Gasteiger partial charge in [0, 0.05) is 5.56 Å². The first-order valence-corrected chi connectivity index (χ1v) is 8.09. The zero-order valence-corrected chi connectivity index (χ0v) is 13.8. The van der Waals surface area contributed by atoms with Crippen LogP contribution in [0.2, 0.25) is 0 Å². The van der Waals surface area contributed by atoms with Crippen LogP contribution in [0.1, 0.15) is 45.5 Å². The number of carbonyl (C=O) groups excluding carboxylic acids is 1. The number of fused-ring (bicyclic) bond motifs is 1. The maximum Gasteiger partial charge on any atom is 0.280 e. The molecule has 1 aliphatic carbocycles. The molecule has 0 fully saturated rings. The lowest BCUT2D eigenvalue weighted by Crippen LogP contribution is -2.24. The highest BCUT2D eigenvalue weighted by molar-refractivity contribution is 6.02. The maximum absolute atomic E-state index is 12.2. The van der Waals surface area contributed by atoms with Gasteiger partial charge in [0.1, 0.15) is 0 Å². The average molecular weight is 319 g/mol. The summed E-state index contributed by atoms with van der Waals surface area (Å²) >= 11 is 0. The molecule has 4 N–H and O–H groups in total. The summed E-state index contributed by atoms with van der Waals surface area (Å²) in [4.78, 5) is 15.8. The van der Waals surface area contributed by atoms with Crippen LogP contribution in [-0.2, 0) is 6.42 Å². The second kappa shape index (κ2) is 6.71. The number of rotatable bonds is 2. The second-order valence-corrected chi connectivity index (χ2v) is 6.04. The molecule has 0 saturated carbocycles. The minimum absolute atomic E-state index is 0.218. The normalized spacial score (nSPS) is 13.5. The summed E-state index contributed by atoms with van der Waals surface area (Å²) in [5.74, 6) is -0.629. The minimum Gasteiger partial charge on any atom is -0.370 e. The van der Waals surface area contributed by atoms with E-state index in [1.165, 1.54) is 22.3 Å². The topological polar surface area (TPSA) is 81.5 Å². The number of aryl methyl sites for hydroxylation is 2. The minimum atomic E-state index is -0.411. The summed E-state index contributed by atoms with van der Waals surface area (Å²) in [7, 11) is 0. The highest BCUT2D eigenvalue weighted by atomic mass is 16.1. The van der Waals surface area contributed by atoms with Gasteiger partial charge in [-0.05, 0) is 66.1 Å². The first-order chi connectivity index (χ1) is 11.6. The fraction of sp³-hybridized carbons (Fsp3) is 0.200. The van der Waals surface area contributed by atoms with Gasteiger partial charge in [-0.2, -0.15) is 4.99 Å². The summed E-state index contributed by atoms with van der Waals surface area (Å²) in [6.45, 7) is 2.11. The quantitative estimate of drug-likeness (QED) is 0.659. The van der Waals surface area contributed by atoms with Gasteiger partial charge in [-0.3, -0.25) is 4.79 Å². The van der Waals surface area contributed by atoms with Gasteiger partial charge in [-0.15, -0.1) is 0 Å². The third kappa shape index (κ3) is 3.23. The third-order valence-corrected chi connectivity index (χ3v) is 4.31. The standard InChI is InChI=1S/C20H21N3O/c1-13-6-2-4-8-16(13)17-9-5-3-7-14-10-11-15(12-18(14)17)19(24)23-20(21)22/h2,4,6,8-12H,3,5,7H2,1H3,(H4,21,22,23,24). The van der Waals surface area contributed by atoms with E-state index in [1.807, 2.05) is 24.3 Å². The van der Waals surface area contributed by atoms with Gasteiger partial charge in [-0.25, -0.2) is 0 Å². The number of hydrogen-bond acceptors (Lipinski definition) is 1. The Labute approximate surface area is 141 Å². The number of guanidine groups is 1. The van der Waals surface area contributed by atoms with Crippen molar-refractivity contribution in [1.29, 1.82) is 0 Å². The first-order valence-electron chi connectivity index (χ1n) is 8.09. The molecule has 4 nitrogen and oxygen atoms in total. The van der Waals surface area contributed by atoms with Gasteiger partial charge in [0.2, 0.25) is 0 Å². The highest BCUT2D eigenvalue weighted by Gasteiger charge is 2.17. The number of nitrogens with zero attached hydrogens (tertiary/aromatic N) is 1. The summed E-state index contributed by atoms with van der Waals surface area (Å²) in [5.41, 5.74) is 17.1. The lowest BCUT2D eigenvalue weighted by molar-refractivity contribution is 0.100. The van der Waals surface area contributed by atoms with Crippen LogP contribution < -0.4 is 11.5 Å². The zero-order chi connectivity index (χ0) is 17.1. The Morgan fingerprint density at radius 3 is 2.62 bits per heavy atom. The van der Waals surface area contributed by atoms with Crippen molar-refractivity contribution in [1.82, 2.24) is 0 Å². The summed E-state index contributed by atoms with van der Waals surface area (Å²) < 4.78 is 0. The van der Waals surface area contributed by atoms with Crippen molar-refractivity contribution in [2.45, 2.75) is 26.2 Å². The predicted octanol–water partition coefficient (Wildman–Crippen LogP) is 3.18. The molecule has 122 valence electrons. The van der Waals surface area contributed by atoms with Crippen molar-refractivity contribution in [3.8, 4) is 0 Å². The molecule has 0 saturated heterocycles. The van der Waals surface area contributed by atoms with Crippen LogP contribution in [0.3, 0.4) is 0 Å². The van der Waals surface area contributed by atoms with E-state index >= 15 is 0 Å². The van der Waals surface area contributed by atoms with E-state index < -0.39 is 5.91 Å². The Bertz CT molecular complexity index is 846. The van der Waals surface area contributed by atoms with E-state index in [-0.39, 0.29) is 5.96 Å². The van der Waals surface area contributed by atoms with Crippen LogP contribution in [-0.4, -0.2) is 11.9 Å². The summed E-state index contributed by atoms with van der Waals surface area (Å²) in [6, 6.07) is 14.0. The molecule has 0 unspecified atom stereocenters. The molecular weight excluding hydrogens is 298 g/mol. The lowest BCUT2D eigenvalue weighted by atomic mass is 9.90. The molecule has 2 aromatic carbocycles. The fourth-order valence-corrected chi connectivity index (χ4v) is 3.14. The molecule has 24 heavy (non-hydrogen) atoms. The average Bonchev–Trinajstić information content (AvgIpc) is 2.76. The zero-order valence-electron chi connectivity index (χ0n) is 13.8. The molecule has 0 aromatic heterocycles. The number of amides is 1. The van der Waals surface area contributed by atoms with Gasteiger partial charge in [0.05, 0.1) is 0 Å². The Morgan fingerprint density at radius 2 is 1.88 bits per heavy atom. The van der Waals surface area contributed by atoms with Crippen molar-refractivity contribution >= 4 is 17.4 Å². The van der Waals surface area contributed by atoms with Gasteiger partial charge >= 0.3 is 0 Å². The van der Waals surface area contributed by atoms with Crippen LogP contribution in [0.15, 0.2) is 53.5 Å². The number of hydrogen-bond donors (Lipinski definition) is 2. The molecule has 0 bridgehead atoms. The smallest absolute Gasteiger partial charge is 0.280 e. The van der Waals surface area contributed by atoms with Crippen LogP contribution >= 0.6 is 0 Å². The molecule has 0 aliphatic heterocycles. The van der Waals surface area contributed by atoms with Crippen LogP contribution in [0, 0.1) is 6.92 Å². The van der Waals surface area contributed by atoms with E-state index in [0.29, 0.717) is 5.56 Å². The van der Waals surface area contributed by atoms with Crippen LogP contribution in [0.4, 0.5) is 0 Å². The van der Waals surface area contributed by atoms with E-state index in [1.54, 1.807) is 6.07 Å². The second-order valence-electron chi connectivity index (χ2n) is 6.04. The number of allylic oxidation sites excluding steroid dienone is 1. The number of aliphatic imine (C=N–C) groups is 1. The van der Waals surface area contributed by atoms with Crippen molar-refractivity contribution in [2.24, 2.45) is 16.5 Å². The monoisotopic (exact) mass is 319 g/mol. The Balaban J connectivity index is 2.13. The first kappa shape index (κ1) is 16.0. The Morgan fingerprint density at radius 1 is 1.08 bits per heavy atom. The molecule has 2 aromatic rings. The van der Waals surface area contributed by atoms with Gasteiger partial charge < -0.3 is 11.5 Å². The molecule has 0 heterocycles. The molecule has 1 amide bonds. The van der Waals surface area contributed by atoms with Gasteiger partial charge in [-0.1, -0.05) is 36.4 Å². The molecular formula is C20H21N3O. The summed E-state index contributed by atoms with van der Waals surface area (Å²) in [6.07, 6.45) is 5.39. The fourth-order valence-electron chi connectivity index (χ4n) is 3.14. The molecule has 3 rings (SSSR count). The van der Waals surface area contributed by atoms with E-state index in [9.17, 15) is 4.79 Å². The number of nitrogens with two attached hydrogens (primary N) is 2. The molecule has 0 radical (unpaired) electrons. The van der Waals surface area contributed by atoms with Crippen molar-refractivity contribution in [3.05, 3.63) is 76.4 Å². The van der Waals surface area contributed by atoms with Crippen LogP contribution in [0.25, 0.3) is 5.57 Å². The predicted molar refractivity (Wildman–Crippen MR) is 97.8 cm³/mol. The third-order valence-electron chi connectivity index (χ3n) is 4.31. The molecule has 1 aliphatic rings. The highest BCUT2D eigenvalue weighted by Crippen LogP contribution is 2.33. The number of benzene rings is 2. The van der Waals surface area contributed by atoms with E-state index in [2.05, 4.69) is 30.1 Å². The number of carbonyl (C=O) groups is 1. The lowest BCUT2D eigenvalue weighted by Gasteiger charge is -2.14. The van der Waals surface area contributed by atoms with Crippen molar-refractivity contribution in [2.75, 3.05) is 0 Å². The Kier molecular flexibility index (Phi) is 4.47. The van der Waals surface area contributed by atoms with E-state index in [0.717, 1.165) is 24.8 Å². The maximum atomic E-state index is 12.2. The summed E-state index contributed by atoms with van der Waals surface area (Å²) in [5, 5.41) is 0. The largest absolute Gasteiger partial charge is 0.370 e. The van der Waals surface area contributed by atoms with Crippen molar-refractivity contribution in [3.63, 3.8) is 0 Å². The molecule has 0 spiro atoms. The van der Waals surface area contributed by atoms with Gasteiger partial charge in [0.25, 0.3) is 5.91 Å². The van der Waals surface area contributed by atoms with Crippen LogP contribution in [0.5, 0.6) is 0 Å². The van der Waals surface area contributed by atoms with E-state index in [4.69, 9.17) is 11.5 Å². The Hall–Kier alpha value is -2.88. The van der Waals surface area contributed by atoms with Crippen molar-refractivity contribution < 1.29 is 4.79 Å². The molecule has 4 heteroatoms.